The third-order valence-electron chi connectivity index (χ3n) is 2.98. The number of aryl methyl sites for hydroxylation is 1. The van der Waals surface area contributed by atoms with E-state index in [9.17, 15) is 4.79 Å². The predicted octanol–water partition coefficient (Wildman–Crippen LogP) is 5.19. The molecule has 2 aromatic heterocycles. The molecule has 0 radical (unpaired) electrons. The first-order chi connectivity index (χ1) is 10.6. The molecule has 0 bridgehead atoms. The van der Waals surface area contributed by atoms with Crippen LogP contribution in [0.4, 0.5) is 0 Å². The van der Waals surface area contributed by atoms with Crippen molar-refractivity contribution in [2.24, 2.45) is 0 Å². The van der Waals surface area contributed by atoms with Gasteiger partial charge in [0.15, 0.2) is 0 Å². The van der Waals surface area contributed by atoms with Gasteiger partial charge in [-0.2, -0.15) is 0 Å². The molecular weight excluding hydrogens is 338 g/mol. The van der Waals surface area contributed by atoms with Gasteiger partial charge in [0.25, 0.3) is 0 Å². The summed E-state index contributed by atoms with van der Waals surface area (Å²) in [6, 6.07) is 11.5. The number of hydrogen-bond donors (Lipinski definition) is 0. The molecule has 0 saturated carbocycles. The Bertz CT molecular complexity index is 793. The summed E-state index contributed by atoms with van der Waals surface area (Å²) in [5, 5.41) is 2.83. The van der Waals surface area contributed by atoms with Crippen LogP contribution in [0.15, 0.2) is 41.8 Å². The van der Waals surface area contributed by atoms with Crippen LogP contribution in [-0.4, -0.2) is 11.0 Å². The lowest BCUT2D eigenvalue weighted by atomic mass is 10.2. The highest BCUT2D eigenvalue weighted by atomic mass is 35.5. The highest BCUT2D eigenvalue weighted by Crippen LogP contribution is 2.25. The Kier molecular flexibility index (Phi) is 4.57. The zero-order chi connectivity index (χ0) is 15.5. The second kappa shape index (κ2) is 6.60. The minimum atomic E-state index is -0.373. The number of ether oxygens (including phenoxy) is 1. The molecule has 6 heteroatoms. The van der Waals surface area contributed by atoms with E-state index >= 15 is 0 Å². The SMILES string of the molecule is Cc1ccc(-c2nc(COC(=O)c3ccc(Cl)s3)cs2)cc1. The van der Waals surface area contributed by atoms with Gasteiger partial charge in [-0.15, -0.1) is 22.7 Å². The molecule has 1 aromatic carbocycles. The molecule has 22 heavy (non-hydrogen) atoms. The van der Waals surface area contributed by atoms with E-state index in [1.807, 2.05) is 24.4 Å². The summed E-state index contributed by atoms with van der Waals surface area (Å²) in [7, 11) is 0. The number of hydrogen-bond acceptors (Lipinski definition) is 5. The third kappa shape index (κ3) is 3.55. The lowest BCUT2D eigenvalue weighted by Crippen LogP contribution is -2.03. The molecule has 0 saturated heterocycles. The number of esters is 1. The summed E-state index contributed by atoms with van der Waals surface area (Å²) in [5.41, 5.74) is 3.03. The lowest BCUT2D eigenvalue weighted by molar-refractivity contribution is 0.0474. The Morgan fingerprint density at radius 3 is 2.68 bits per heavy atom. The first-order valence-corrected chi connectivity index (χ1v) is 8.63. The van der Waals surface area contributed by atoms with Crippen LogP contribution in [0.5, 0.6) is 0 Å². The summed E-state index contributed by atoms with van der Waals surface area (Å²) in [6.45, 7) is 2.21. The maximum atomic E-state index is 11.9. The van der Waals surface area contributed by atoms with Crippen LogP contribution < -0.4 is 0 Å². The van der Waals surface area contributed by atoms with Gasteiger partial charge in [0, 0.05) is 10.9 Å². The van der Waals surface area contributed by atoms with Gasteiger partial charge in [-0.1, -0.05) is 41.4 Å². The minimum Gasteiger partial charge on any atom is -0.455 e. The molecule has 0 aliphatic heterocycles. The van der Waals surface area contributed by atoms with Crippen LogP contribution in [0.25, 0.3) is 10.6 Å². The van der Waals surface area contributed by atoms with E-state index in [1.54, 1.807) is 12.1 Å². The van der Waals surface area contributed by atoms with Gasteiger partial charge in [-0.05, 0) is 19.1 Å². The van der Waals surface area contributed by atoms with Crippen molar-refractivity contribution >= 4 is 40.2 Å². The fraction of sp³-hybridized carbons (Fsp3) is 0.125. The second-order valence-corrected chi connectivity index (χ2v) is 7.26. The molecule has 3 rings (SSSR count). The van der Waals surface area contributed by atoms with Crippen LogP contribution in [0.2, 0.25) is 4.34 Å². The average molecular weight is 350 g/mol. The van der Waals surface area contributed by atoms with Crippen molar-refractivity contribution in [3.05, 3.63) is 62.2 Å². The van der Waals surface area contributed by atoms with E-state index in [-0.39, 0.29) is 12.6 Å². The number of carbonyl (C=O) groups is 1. The summed E-state index contributed by atoms with van der Waals surface area (Å²) in [5.74, 6) is -0.373. The number of thiazole rings is 1. The van der Waals surface area contributed by atoms with Crippen LogP contribution in [-0.2, 0) is 11.3 Å². The van der Waals surface area contributed by atoms with Crippen molar-refractivity contribution in [2.75, 3.05) is 0 Å². The standard InChI is InChI=1S/C16H12ClNO2S2/c1-10-2-4-11(5-3-10)15-18-12(9-21-15)8-20-16(19)13-6-7-14(17)22-13/h2-7,9H,8H2,1H3. The van der Waals surface area contributed by atoms with Gasteiger partial charge in [0.2, 0.25) is 0 Å². The number of aromatic nitrogens is 1. The van der Waals surface area contributed by atoms with Crippen molar-refractivity contribution in [3.8, 4) is 10.6 Å². The molecule has 112 valence electrons. The molecule has 3 aromatic rings. The largest absolute Gasteiger partial charge is 0.455 e. The van der Waals surface area contributed by atoms with E-state index in [2.05, 4.69) is 17.1 Å². The van der Waals surface area contributed by atoms with E-state index in [0.717, 1.165) is 16.3 Å². The molecule has 2 heterocycles. The Hall–Kier alpha value is -1.69. The Morgan fingerprint density at radius 1 is 1.23 bits per heavy atom. The molecule has 0 N–H and O–H groups in total. The molecule has 0 spiro atoms. The first-order valence-electron chi connectivity index (χ1n) is 6.56. The van der Waals surface area contributed by atoms with Gasteiger partial charge in [0.1, 0.15) is 16.5 Å². The van der Waals surface area contributed by atoms with Crippen LogP contribution in [0.1, 0.15) is 20.9 Å². The molecule has 0 atom stereocenters. The smallest absolute Gasteiger partial charge is 0.348 e. The second-order valence-electron chi connectivity index (χ2n) is 4.69. The fourth-order valence-electron chi connectivity index (χ4n) is 1.84. The van der Waals surface area contributed by atoms with Crippen molar-refractivity contribution in [1.82, 2.24) is 4.98 Å². The van der Waals surface area contributed by atoms with Crippen molar-refractivity contribution in [3.63, 3.8) is 0 Å². The average Bonchev–Trinajstić information content (AvgIpc) is 3.15. The van der Waals surface area contributed by atoms with Crippen molar-refractivity contribution in [2.45, 2.75) is 13.5 Å². The van der Waals surface area contributed by atoms with Crippen molar-refractivity contribution < 1.29 is 9.53 Å². The quantitative estimate of drug-likeness (QED) is 0.608. The highest BCUT2D eigenvalue weighted by molar-refractivity contribution is 7.17. The summed E-state index contributed by atoms with van der Waals surface area (Å²) < 4.78 is 5.82. The highest BCUT2D eigenvalue weighted by Gasteiger charge is 2.12. The Morgan fingerprint density at radius 2 is 2.00 bits per heavy atom. The van der Waals surface area contributed by atoms with Crippen LogP contribution >= 0.6 is 34.3 Å². The molecule has 0 fully saturated rings. The van der Waals surface area contributed by atoms with Crippen LogP contribution in [0.3, 0.4) is 0 Å². The molecule has 3 nitrogen and oxygen atoms in total. The summed E-state index contributed by atoms with van der Waals surface area (Å²) >= 11 is 8.55. The third-order valence-corrected chi connectivity index (χ3v) is 5.13. The van der Waals surface area contributed by atoms with Gasteiger partial charge in [-0.3, -0.25) is 0 Å². The Labute approximate surface area is 141 Å². The van der Waals surface area contributed by atoms with Crippen LogP contribution in [0, 0.1) is 6.92 Å². The Balaban J connectivity index is 1.64. The van der Waals surface area contributed by atoms with Gasteiger partial charge in [-0.25, -0.2) is 9.78 Å². The maximum absolute atomic E-state index is 11.9. The number of rotatable bonds is 4. The first kappa shape index (κ1) is 15.2. The van der Waals surface area contributed by atoms with Gasteiger partial charge >= 0.3 is 5.97 Å². The van der Waals surface area contributed by atoms with E-state index in [1.165, 1.54) is 28.2 Å². The molecule has 0 amide bonds. The number of thiophene rings is 1. The summed E-state index contributed by atoms with van der Waals surface area (Å²) in [6.07, 6.45) is 0. The van der Waals surface area contributed by atoms with Gasteiger partial charge < -0.3 is 4.74 Å². The topological polar surface area (TPSA) is 39.2 Å². The van der Waals surface area contributed by atoms with E-state index in [4.69, 9.17) is 16.3 Å². The summed E-state index contributed by atoms with van der Waals surface area (Å²) in [4.78, 5) is 16.8. The lowest BCUT2D eigenvalue weighted by Gasteiger charge is -2.00. The van der Waals surface area contributed by atoms with E-state index < -0.39 is 0 Å². The van der Waals surface area contributed by atoms with Crippen molar-refractivity contribution in [1.29, 1.82) is 0 Å². The number of benzene rings is 1. The number of halogens is 1. The van der Waals surface area contributed by atoms with Gasteiger partial charge in [0.05, 0.1) is 10.0 Å². The van der Waals surface area contributed by atoms with E-state index in [0.29, 0.717) is 9.21 Å². The maximum Gasteiger partial charge on any atom is 0.348 e. The number of carbonyl (C=O) groups excluding carboxylic acids is 1. The zero-order valence-corrected chi connectivity index (χ0v) is 14.1. The molecule has 0 unspecified atom stereocenters. The fourth-order valence-corrected chi connectivity index (χ4v) is 3.58. The predicted molar refractivity (Wildman–Crippen MR) is 90.7 cm³/mol. The molecular formula is C16H12ClNO2S2. The molecule has 0 aliphatic carbocycles. The number of nitrogens with zero attached hydrogens (tertiary/aromatic N) is 1. The monoisotopic (exact) mass is 349 g/mol. The zero-order valence-electron chi connectivity index (χ0n) is 11.7. The molecule has 0 aliphatic rings. The minimum absolute atomic E-state index is 0.163. The normalized spacial score (nSPS) is 10.6.